The third kappa shape index (κ3) is 3.57. The Morgan fingerprint density at radius 2 is 1.77 bits per heavy atom. The molecule has 1 aromatic heterocycles. The number of amides is 1. The van der Waals surface area contributed by atoms with Crippen molar-refractivity contribution in [3.05, 3.63) is 58.2 Å². The van der Waals surface area contributed by atoms with Gasteiger partial charge in [0.2, 0.25) is 10.0 Å². The second-order valence-corrected chi connectivity index (χ2v) is 10.3. The quantitative estimate of drug-likeness (QED) is 0.665. The summed E-state index contributed by atoms with van der Waals surface area (Å²) in [6, 6.07) is 8.92. The van der Waals surface area contributed by atoms with E-state index in [2.05, 4.69) is 0 Å². The predicted octanol–water partition coefficient (Wildman–Crippen LogP) is 3.51. The van der Waals surface area contributed by atoms with Gasteiger partial charge < -0.3 is 10.0 Å². The van der Waals surface area contributed by atoms with Crippen molar-refractivity contribution in [2.24, 2.45) is 0 Å². The molecule has 1 aliphatic heterocycles. The smallest absolute Gasteiger partial charge is 0.264 e. The third-order valence-corrected chi connectivity index (χ3v) is 8.54. The Hall–Kier alpha value is -2.49. The molecule has 1 fully saturated rings. The second kappa shape index (κ2) is 7.64. The fourth-order valence-corrected chi connectivity index (χ4v) is 6.39. The van der Waals surface area contributed by atoms with Crippen LogP contribution in [0.2, 0.25) is 0 Å². The fraction of sp³-hybridized carbons (Fsp3) is 0.286. The van der Waals surface area contributed by atoms with Gasteiger partial charge in [0.05, 0.1) is 4.88 Å². The van der Waals surface area contributed by atoms with Gasteiger partial charge in [-0.3, -0.25) is 4.79 Å². The summed E-state index contributed by atoms with van der Waals surface area (Å²) in [5, 5.41) is 10.7. The van der Waals surface area contributed by atoms with E-state index in [1.165, 1.54) is 39.9 Å². The van der Waals surface area contributed by atoms with Crippen LogP contribution in [0, 0.1) is 19.7 Å². The van der Waals surface area contributed by atoms with Gasteiger partial charge in [-0.15, -0.1) is 11.3 Å². The van der Waals surface area contributed by atoms with Gasteiger partial charge in [-0.2, -0.15) is 4.31 Å². The zero-order chi connectivity index (χ0) is 21.6. The molecule has 1 amide bonds. The van der Waals surface area contributed by atoms with Crippen LogP contribution in [0.15, 0.2) is 41.3 Å². The van der Waals surface area contributed by atoms with Gasteiger partial charge in [-0.05, 0) is 60.7 Å². The number of hydrogen-bond acceptors (Lipinski definition) is 5. The summed E-state index contributed by atoms with van der Waals surface area (Å²) < 4.78 is 41.6. The first-order chi connectivity index (χ1) is 14.2. The first-order valence-corrected chi connectivity index (χ1v) is 11.7. The predicted molar refractivity (Wildman–Crippen MR) is 114 cm³/mol. The molecule has 1 saturated heterocycles. The second-order valence-electron chi connectivity index (χ2n) is 7.36. The van der Waals surface area contributed by atoms with Crippen LogP contribution in [0.25, 0.3) is 10.1 Å². The molecule has 0 atom stereocenters. The van der Waals surface area contributed by atoms with E-state index in [1.54, 1.807) is 30.9 Å². The molecule has 1 aliphatic rings. The first-order valence-electron chi connectivity index (χ1n) is 9.46. The van der Waals surface area contributed by atoms with Crippen LogP contribution in [-0.4, -0.2) is 54.8 Å². The number of carbonyl (C=O) groups excluding carboxylic acids is 1. The van der Waals surface area contributed by atoms with Gasteiger partial charge in [0.1, 0.15) is 16.5 Å². The minimum Gasteiger partial charge on any atom is -0.507 e. The molecule has 0 radical (unpaired) electrons. The van der Waals surface area contributed by atoms with Gasteiger partial charge in [-0.25, -0.2) is 12.8 Å². The number of phenolic OH excluding ortho intramolecular Hbond substituents is 1. The van der Waals surface area contributed by atoms with E-state index in [0.717, 1.165) is 21.2 Å². The van der Waals surface area contributed by atoms with E-state index in [4.69, 9.17) is 0 Å². The Morgan fingerprint density at radius 1 is 1.07 bits per heavy atom. The zero-order valence-electron chi connectivity index (χ0n) is 16.6. The molecule has 9 heteroatoms. The summed E-state index contributed by atoms with van der Waals surface area (Å²) in [5.74, 6) is -0.808. The molecule has 0 aliphatic carbocycles. The number of phenols is 1. The fourth-order valence-electron chi connectivity index (χ4n) is 3.64. The Bertz CT molecular complexity index is 1250. The monoisotopic (exact) mass is 448 g/mol. The number of aryl methyl sites for hydroxylation is 2. The summed E-state index contributed by atoms with van der Waals surface area (Å²) in [6.07, 6.45) is 0. The topological polar surface area (TPSA) is 77.9 Å². The van der Waals surface area contributed by atoms with Gasteiger partial charge >= 0.3 is 0 Å². The van der Waals surface area contributed by atoms with E-state index < -0.39 is 10.0 Å². The highest BCUT2D eigenvalue weighted by molar-refractivity contribution is 7.89. The van der Waals surface area contributed by atoms with Crippen molar-refractivity contribution < 1.29 is 22.7 Å². The molecular formula is C21H21FN2O4S2. The lowest BCUT2D eigenvalue weighted by Gasteiger charge is -2.34. The molecule has 158 valence electrons. The van der Waals surface area contributed by atoms with Crippen LogP contribution in [0.1, 0.15) is 20.8 Å². The highest BCUT2D eigenvalue weighted by atomic mass is 32.2. The Kier molecular flexibility index (Phi) is 5.29. The van der Waals surface area contributed by atoms with Crippen LogP contribution < -0.4 is 0 Å². The molecule has 6 nitrogen and oxygen atoms in total. The van der Waals surface area contributed by atoms with Crippen molar-refractivity contribution in [1.82, 2.24) is 9.21 Å². The largest absolute Gasteiger partial charge is 0.507 e. The Balaban J connectivity index is 1.53. The number of aromatic hydroxyl groups is 1. The number of halogens is 1. The minimum atomic E-state index is -3.86. The normalized spacial score (nSPS) is 15.6. The minimum absolute atomic E-state index is 0.121. The number of nitrogens with zero attached hydrogens (tertiary/aromatic N) is 2. The van der Waals surface area contributed by atoms with Crippen molar-refractivity contribution >= 4 is 37.4 Å². The van der Waals surface area contributed by atoms with E-state index in [0.29, 0.717) is 4.88 Å². The van der Waals surface area contributed by atoms with Crippen molar-refractivity contribution in [3.8, 4) is 5.75 Å². The number of carbonyl (C=O) groups is 1. The van der Waals surface area contributed by atoms with E-state index in [-0.39, 0.29) is 48.5 Å². The number of sulfonamides is 1. The molecule has 0 bridgehead atoms. The SMILES string of the molecule is Cc1ccc(O)c(S(=O)(=O)N2CCN(C(=O)c3sc4ccc(F)cc4c3C)CC2)c1. The molecule has 4 rings (SSSR count). The number of hydrogen-bond donors (Lipinski definition) is 1. The number of piperazine rings is 1. The Morgan fingerprint density at radius 3 is 2.47 bits per heavy atom. The van der Waals surface area contributed by atoms with E-state index in [9.17, 15) is 22.7 Å². The van der Waals surface area contributed by atoms with Gasteiger partial charge in [-0.1, -0.05) is 6.07 Å². The molecule has 0 spiro atoms. The number of benzene rings is 2. The third-order valence-electron chi connectivity index (χ3n) is 5.35. The first kappa shape index (κ1) is 20.8. The summed E-state index contributed by atoms with van der Waals surface area (Å²) in [7, 11) is -3.86. The molecule has 1 N–H and O–H groups in total. The zero-order valence-corrected chi connectivity index (χ0v) is 18.2. The molecule has 30 heavy (non-hydrogen) atoms. The van der Waals surface area contributed by atoms with E-state index >= 15 is 0 Å². The van der Waals surface area contributed by atoms with Crippen LogP contribution in [0.5, 0.6) is 5.75 Å². The number of fused-ring (bicyclic) bond motifs is 1. The number of rotatable bonds is 3. The van der Waals surface area contributed by atoms with Crippen LogP contribution in [0.3, 0.4) is 0 Å². The Labute approximate surface area is 178 Å². The average Bonchev–Trinajstić information content (AvgIpc) is 3.05. The number of thiophene rings is 1. The maximum atomic E-state index is 13.6. The van der Waals surface area contributed by atoms with E-state index in [1.807, 2.05) is 0 Å². The maximum Gasteiger partial charge on any atom is 0.264 e. The lowest BCUT2D eigenvalue weighted by atomic mass is 10.1. The highest BCUT2D eigenvalue weighted by Crippen LogP contribution is 2.33. The van der Waals surface area contributed by atoms with Crippen LogP contribution in [0.4, 0.5) is 4.39 Å². The maximum absolute atomic E-state index is 13.6. The average molecular weight is 449 g/mol. The molecule has 2 aromatic carbocycles. The van der Waals surface area contributed by atoms with Crippen LogP contribution >= 0.6 is 11.3 Å². The standard InChI is InChI=1S/C21H21FN2O4S2/c1-13-3-5-17(25)19(11-13)30(27,28)24-9-7-23(8-10-24)21(26)20-14(2)16-12-15(22)4-6-18(16)29-20/h3-6,11-12,25H,7-10H2,1-2H3. The summed E-state index contributed by atoms with van der Waals surface area (Å²) in [6.45, 7) is 4.32. The molecule has 0 unspecified atom stereocenters. The summed E-state index contributed by atoms with van der Waals surface area (Å²) in [4.78, 5) is 15.1. The van der Waals surface area contributed by atoms with Crippen molar-refractivity contribution in [3.63, 3.8) is 0 Å². The lowest BCUT2D eigenvalue weighted by Crippen LogP contribution is -2.50. The van der Waals surface area contributed by atoms with Crippen LogP contribution in [-0.2, 0) is 10.0 Å². The highest BCUT2D eigenvalue weighted by Gasteiger charge is 2.33. The van der Waals surface area contributed by atoms with Crippen molar-refractivity contribution in [1.29, 1.82) is 0 Å². The molecule has 0 saturated carbocycles. The van der Waals surface area contributed by atoms with Crippen molar-refractivity contribution in [2.45, 2.75) is 18.7 Å². The van der Waals surface area contributed by atoms with Gasteiger partial charge in [0, 0.05) is 30.9 Å². The van der Waals surface area contributed by atoms with Gasteiger partial charge in [0.25, 0.3) is 5.91 Å². The summed E-state index contributed by atoms with van der Waals surface area (Å²) in [5.41, 5.74) is 1.47. The lowest BCUT2D eigenvalue weighted by molar-refractivity contribution is 0.0702. The van der Waals surface area contributed by atoms with Crippen molar-refractivity contribution in [2.75, 3.05) is 26.2 Å². The van der Waals surface area contributed by atoms with Gasteiger partial charge in [0.15, 0.2) is 0 Å². The summed E-state index contributed by atoms with van der Waals surface area (Å²) >= 11 is 1.32. The molecule has 2 heterocycles. The molecular weight excluding hydrogens is 427 g/mol. The molecule has 3 aromatic rings.